The van der Waals surface area contributed by atoms with Crippen LogP contribution in [0.25, 0.3) is 12.2 Å². The van der Waals surface area contributed by atoms with Crippen LogP contribution < -0.4 is 10.6 Å². The van der Waals surface area contributed by atoms with E-state index in [1.54, 1.807) is 12.1 Å². The first kappa shape index (κ1) is 21.6. The molecule has 0 atom stereocenters. The van der Waals surface area contributed by atoms with E-state index >= 15 is 0 Å². The minimum atomic E-state index is -0.514. The van der Waals surface area contributed by atoms with Crippen LogP contribution in [-0.2, 0) is 9.59 Å². The Hall–Kier alpha value is -3.74. The Kier molecular flexibility index (Phi) is 8.31. The number of nitrogens with zero attached hydrogens (tertiary/aromatic N) is 1. The maximum atomic E-state index is 12.5. The van der Waals surface area contributed by atoms with Crippen molar-refractivity contribution in [2.45, 2.75) is 19.8 Å². The number of benzene rings is 2. The third kappa shape index (κ3) is 7.42. The third-order valence-corrected chi connectivity index (χ3v) is 3.94. The minimum Gasteiger partial charge on any atom is -0.351 e. The van der Waals surface area contributed by atoms with Crippen LogP contribution in [0.15, 0.2) is 66.4 Å². The average Bonchev–Trinajstić information content (AvgIpc) is 2.73. The van der Waals surface area contributed by atoms with E-state index in [9.17, 15) is 19.7 Å². The molecule has 2 amide bonds. The number of amides is 2. The minimum absolute atomic E-state index is 0.0179. The summed E-state index contributed by atoms with van der Waals surface area (Å²) in [5, 5.41) is 16.3. The SMILES string of the molecule is CCCCNC(=O)C(=Cc1cccc([N+](=O)[O-])c1)NC(=O)C=Cc1ccccc1. The number of non-ortho nitro benzene ring substituents is 1. The van der Waals surface area contributed by atoms with Gasteiger partial charge in [0.15, 0.2) is 0 Å². The standard InChI is InChI=1S/C22H23N3O4/c1-2-3-14-23-22(27)20(16-18-10-7-11-19(15-18)25(28)29)24-21(26)13-12-17-8-5-4-6-9-17/h4-13,15-16H,2-3,14H2,1H3,(H,23,27)(H,24,26). The first-order valence-electron chi connectivity index (χ1n) is 9.28. The van der Waals surface area contributed by atoms with Gasteiger partial charge < -0.3 is 10.6 Å². The Morgan fingerprint density at radius 2 is 1.79 bits per heavy atom. The molecule has 2 aromatic rings. The van der Waals surface area contributed by atoms with Crippen LogP contribution in [0, 0.1) is 10.1 Å². The number of nitrogens with one attached hydrogen (secondary N) is 2. The molecule has 0 unspecified atom stereocenters. The summed E-state index contributed by atoms with van der Waals surface area (Å²) >= 11 is 0. The van der Waals surface area contributed by atoms with Crippen LogP contribution in [0.1, 0.15) is 30.9 Å². The number of rotatable bonds is 9. The Balaban J connectivity index is 2.21. The lowest BCUT2D eigenvalue weighted by molar-refractivity contribution is -0.384. The zero-order valence-corrected chi connectivity index (χ0v) is 16.1. The van der Waals surface area contributed by atoms with Gasteiger partial charge in [0.25, 0.3) is 11.6 Å². The molecule has 0 saturated carbocycles. The molecule has 150 valence electrons. The second-order valence-electron chi connectivity index (χ2n) is 6.25. The van der Waals surface area contributed by atoms with Crippen molar-refractivity contribution in [2.24, 2.45) is 0 Å². The lowest BCUT2D eigenvalue weighted by Gasteiger charge is -2.09. The number of carbonyl (C=O) groups is 2. The van der Waals surface area contributed by atoms with Gasteiger partial charge in [-0.2, -0.15) is 0 Å². The lowest BCUT2D eigenvalue weighted by atomic mass is 10.1. The highest BCUT2D eigenvalue weighted by atomic mass is 16.6. The van der Waals surface area contributed by atoms with Crippen molar-refractivity contribution in [2.75, 3.05) is 6.54 Å². The van der Waals surface area contributed by atoms with E-state index in [0.29, 0.717) is 12.1 Å². The molecule has 0 aliphatic carbocycles. The van der Waals surface area contributed by atoms with Crippen LogP contribution in [0.2, 0.25) is 0 Å². The fraction of sp³-hybridized carbons (Fsp3) is 0.182. The van der Waals surface area contributed by atoms with Crippen LogP contribution in [0.5, 0.6) is 0 Å². The van der Waals surface area contributed by atoms with Crippen molar-refractivity contribution in [3.8, 4) is 0 Å². The molecular weight excluding hydrogens is 370 g/mol. The monoisotopic (exact) mass is 393 g/mol. The summed E-state index contributed by atoms with van der Waals surface area (Å²) in [6.07, 6.45) is 6.10. The second-order valence-corrected chi connectivity index (χ2v) is 6.25. The van der Waals surface area contributed by atoms with Gasteiger partial charge in [-0.05, 0) is 29.7 Å². The summed E-state index contributed by atoms with van der Waals surface area (Å²) < 4.78 is 0. The van der Waals surface area contributed by atoms with Gasteiger partial charge in [-0.25, -0.2) is 0 Å². The van der Waals surface area contributed by atoms with Gasteiger partial charge in [0, 0.05) is 24.8 Å². The summed E-state index contributed by atoms with van der Waals surface area (Å²) in [6.45, 7) is 2.47. The van der Waals surface area contributed by atoms with Gasteiger partial charge in [0.1, 0.15) is 5.70 Å². The highest BCUT2D eigenvalue weighted by Crippen LogP contribution is 2.15. The fourth-order valence-corrected chi connectivity index (χ4v) is 2.44. The lowest BCUT2D eigenvalue weighted by Crippen LogP contribution is -2.34. The summed E-state index contributed by atoms with van der Waals surface area (Å²) in [4.78, 5) is 35.3. The Labute approximate surface area is 169 Å². The molecule has 0 spiro atoms. The quantitative estimate of drug-likeness (QED) is 0.294. The first-order chi connectivity index (χ1) is 14.0. The zero-order chi connectivity index (χ0) is 21.1. The molecule has 7 nitrogen and oxygen atoms in total. The molecule has 2 rings (SSSR count). The molecule has 0 bridgehead atoms. The van der Waals surface area contributed by atoms with Crippen LogP contribution in [0.4, 0.5) is 5.69 Å². The van der Waals surface area contributed by atoms with Crippen LogP contribution >= 0.6 is 0 Å². The van der Waals surface area contributed by atoms with Crippen molar-refractivity contribution in [1.29, 1.82) is 0 Å². The number of nitro groups is 1. The summed E-state index contributed by atoms with van der Waals surface area (Å²) in [5.41, 5.74) is 1.20. The van der Waals surface area contributed by atoms with Crippen molar-refractivity contribution >= 4 is 29.7 Å². The molecule has 29 heavy (non-hydrogen) atoms. The van der Waals surface area contributed by atoms with E-state index in [0.717, 1.165) is 18.4 Å². The Morgan fingerprint density at radius 1 is 1.07 bits per heavy atom. The highest BCUT2D eigenvalue weighted by molar-refractivity contribution is 6.04. The summed E-state index contributed by atoms with van der Waals surface area (Å²) in [5.74, 6) is -0.928. The van der Waals surface area contributed by atoms with E-state index in [2.05, 4.69) is 10.6 Å². The van der Waals surface area contributed by atoms with Gasteiger partial charge in [0.05, 0.1) is 4.92 Å². The first-order valence-corrected chi connectivity index (χ1v) is 9.28. The van der Waals surface area contributed by atoms with Crippen molar-refractivity contribution < 1.29 is 14.5 Å². The molecule has 0 fully saturated rings. The van der Waals surface area contributed by atoms with Gasteiger partial charge >= 0.3 is 0 Å². The number of carbonyl (C=O) groups excluding carboxylic acids is 2. The summed E-state index contributed by atoms with van der Waals surface area (Å²) in [7, 11) is 0. The topological polar surface area (TPSA) is 101 Å². The number of nitro benzene ring substituents is 1. The van der Waals surface area contributed by atoms with Gasteiger partial charge in [0.2, 0.25) is 5.91 Å². The maximum Gasteiger partial charge on any atom is 0.270 e. The van der Waals surface area contributed by atoms with E-state index in [1.165, 1.54) is 30.4 Å². The molecule has 2 aromatic carbocycles. The largest absolute Gasteiger partial charge is 0.351 e. The van der Waals surface area contributed by atoms with Crippen molar-refractivity contribution in [3.05, 3.63) is 87.6 Å². The van der Waals surface area contributed by atoms with E-state index in [-0.39, 0.29) is 11.4 Å². The molecule has 0 aliphatic heterocycles. The van der Waals surface area contributed by atoms with Gasteiger partial charge in [-0.1, -0.05) is 55.8 Å². The van der Waals surface area contributed by atoms with Gasteiger partial charge in [-0.3, -0.25) is 19.7 Å². The molecule has 0 saturated heterocycles. The molecule has 2 N–H and O–H groups in total. The Morgan fingerprint density at radius 3 is 2.48 bits per heavy atom. The van der Waals surface area contributed by atoms with Crippen LogP contribution in [-0.4, -0.2) is 23.3 Å². The number of hydrogen-bond donors (Lipinski definition) is 2. The predicted octanol–water partition coefficient (Wildman–Crippen LogP) is 3.68. The summed E-state index contributed by atoms with van der Waals surface area (Å²) in [6, 6.07) is 15.1. The maximum absolute atomic E-state index is 12.5. The van der Waals surface area contributed by atoms with E-state index in [4.69, 9.17) is 0 Å². The molecular formula is C22H23N3O4. The molecule has 0 radical (unpaired) electrons. The Bertz CT molecular complexity index is 921. The molecule has 0 aromatic heterocycles. The fourth-order valence-electron chi connectivity index (χ4n) is 2.44. The van der Waals surface area contributed by atoms with Crippen LogP contribution in [0.3, 0.4) is 0 Å². The van der Waals surface area contributed by atoms with Gasteiger partial charge in [-0.15, -0.1) is 0 Å². The van der Waals surface area contributed by atoms with Crippen molar-refractivity contribution in [3.63, 3.8) is 0 Å². The predicted molar refractivity (Wildman–Crippen MR) is 113 cm³/mol. The van der Waals surface area contributed by atoms with E-state index < -0.39 is 16.7 Å². The zero-order valence-electron chi connectivity index (χ0n) is 16.1. The average molecular weight is 393 g/mol. The number of hydrogen-bond acceptors (Lipinski definition) is 4. The molecule has 7 heteroatoms. The molecule has 0 aliphatic rings. The molecule has 0 heterocycles. The smallest absolute Gasteiger partial charge is 0.270 e. The normalized spacial score (nSPS) is 11.3. The highest BCUT2D eigenvalue weighted by Gasteiger charge is 2.13. The second kappa shape index (κ2) is 11.2. The van der Waals surface area contributed by atoms with E-state index in [1.807, 2.05) is 37.3 Å². The van der Waals surface area contributed by atoms with Crippen molar-refractivity contribution in [1.82, 2.24) is 10.6 Å². The number of unbranched alkanes of at least 4 members (excludes halogenated alkanes) is 1. The third-order valence-electron chi connectivity index (χ3n) is 3.94.